The van der Waals surface area contributed by atoms with Gasteiger partial charge in [0.1, 0.15) is 5.82 Å². The quantitative estimate of drug-likeness (QED) is 0.635. The van der Waals surface area contributed by atoms with Crippen LogP contribution < -0.4 is 21.5 Å². The minimum absolute atomic E-state index is 0.0872. The van der Waals surface area contributed by atoms with Crippen LogP contribution in [0.25, 0.3) is 0 Å². The zero-order valence-electron chi connectivity index (χ0n) is 15.7. The van der Waals surface area contributed by atoms with E-state index in [1.807, 2.05) is 12.1 Å². The van der Waals surface area contributed by atoms with Gasteiger partial charge in [0.15, 0.2) is 0 Å². The first-order valence-electron chi connectivity index (χ1n) is 10.2. The average molecular weight is 375 g/mol. The summed E-state index contributed by atoms with van der Waals surface area (Å²) in [5.74, 6) is 0.370. The molecule has 3 fully saturated rings. The molecule has 1 saturated carbocycles. The van der Waals surface area contributed by atoms with E-state index in [9.17, 15) is 9.18 Å². The fraction of sp³-hybridized carbons (Fsp3) is 0.650. The first-order chi connectivity index (χ1) is 13.2. The minimum Gasteiger partial charge on any atom is -0.336 e. The summed E-state index contributed by atoms with van der Waals surface area (Å²) in [7, 11) is 0. The Labute approximate surface area is 160 Å². The summed E-state index contributed by atoms with van der Waals surface area (Å²) in [5.41, 5.74) is 7.59. The normalized spacial score (nSPS) is 29.3. The van der Waals surface area contributed by atoms with Crippen molar-refractivity contribution in [3.8, 4) is 0 Å². The third-order valence-corrected chi connectivity index (χ3v) is 6.27. The van der Waals surface area contributed by atoms with Crippen LogP contribution in [-0.4, -0.2) is 49.2 Å². The van der Waals surface area contributed by atoms with Crippen LogP contribution in [-0.2, 0) is 0 Å². The van der Waals surface area contributed by atoms with E-state index in [0.29, 0.717) is 18.5 Å². The Hall–Kier alpha value is -1.70. The monoisotopic (exact) mass is 375 g/mol. The number of amides is 2. The molecule has 2 saturated heterocycles. The van der Waals surface area contributed by atoms with Crippen LogP contribution in [0.15, 0.2) is 24.3 Å². The van der Waals surface area contributed by atoms with Crippen molar-refractivity contribution >= 4 is 6.03 Å². The lowest BCUT2D eigenvalue weighted by Crippen LogP contribution is -2.55. The van der Waals surface area contributed by atoms with E-state index in [1.165, 1.54) is 31.4 Å². The van der Waals surface area contributed by atoms with Gasteiger partial charge in [0.2, 0.25) is 0 Å². The molecule has 4 rings (SSSR count). The maximum atomic E-state index is 13.3. The van der Waals surface area contributed by atoms with Crippen LogP contribution in [0.1, 0.15) is 43.7 Å². The smallest absolute Gasteiger partial charge is 0.315 e. The number of fused-ring (bicyclic) bond motifs is 1. The zero-order valence-corrected chi connectivity index (χ0v) is 15.7. The topological polar surface area (TPSA) is 68.4 Å². The van der Waals surface area contributed by atoms with Gasteiger partial charge in [-0.2, -0.15) is 0 Å². The maximum absolute atomic E-state index is 13.3. The van der Waals surface area contributed by atoms with E-state index < -0.39 is 0 Å². The number of hydrogen-bond donors (Lipinski definition) is 4. The van der Waals surface area contributed by atoms with E-state index in [2.05, 4.69) is 26.4 Å². The number of likely N-dealkylation sites (tertiary alicyclic amines) is 1. The Morgan fingerprint density at radius 3 is 2.74 bits per heavy atom. The average Bonchev–Trinajstić information content (AvgIpc) is 3.35. The Bertz CT molecular complexity index is 634. The number of nitrogens with zero attached hydrogens (tertiary/aromatic N) is 1. The van der Waals surface area contributed by atoms with Crippen LogP contribution in [0.3, 0.4) is 0 Å². The van der Waals surface area contributed by atoms with Crippen molar-refractivity contribution in [3.05, 3.63) is 35.6 Å². The number of urea groups is 1. The van der Waals surface area contributed by atoms with Crippen molar-refractivity contribution < 1.29 is 9.18 Å². The Kier molecular flexibility index (Phi) is 5.90. The first kappa shape index (κ1) is 18.7. The molecule has 0 spiro atoms. The van der Waals surface area contributed by atoms with E-state index >= 15 is 0 Å². The van der Waals surface area contributed by atoms with E-state index in [1.54, 1.807) is 0 Å². The highest BCUT2D eigenvalue weighted by molar-refractivity contribution is 5.74. The number of hydrogen-bond acceptors (Lipinski definition) is 4. The van der Waals surface area contributed by atoms with Gasteiger partial charge in [-0.05, 0) is 62.4 Å². The van der Waals surface area contributed by atoms with E-state index in [0.717, 1.165) is 38.0 Å². The highest BCUT2D eigenvalue weighted by atomic mass is 19.1. The molecule has 0 bridgehead atoms. The van der Waals surface area contributed by atoms with Crippen molar-refractivity contribution in [1.82, 2.24) is 26.4 Å². The third kappa shape index (κ3) is 4.42. The van der Waals surface area contributed by atoms with Gasteiger partial charge in [0.05, 0.1) is 6.04 Å². The number of carbonyl (C=O) groups is 1. The first-order valence-corrected chi connectivity index (χ1v) is 10.2. The Morgan fingerprint density at radius 2 is 1.96 bits per heavy atom. The summed E-state index contributed by atoms with van der Waals surface area (Å²) < 4.78 is 13.3. The number of carbonyl (C=O) groups excluding carboxylic acids is 1. The summed E-state index contributed by atoms with van der Waals surface area (Å²) in [6.07, 6.45) is 5.73. The summed E-state index contributed by atoms with van der Waals surface area (Å²) in [6, 6.07) is 7.12. The van der Waals surface area contributed by atoms with E-state index in [-0.39, 0.29) is 23.9 Å². The Morgan fingerprint density at radius 1 is 1.19 bits per heavy atom. The van der Waals surface area contributed by atoms with Gasteiger partial charge in [-0.3, -0.25) is 15.8 Å². The van der Waals surface area contributed by atoms with Crippen molar-refractivity contribution in [2.45, 2.75) is 50.2 Å². The van der Waals surface area contributed by atoms with Crippen LogP contribution in [0, 0.1) is 11.7 Å². The number of nitrogens with one attached hydrogen (secondary N) is 4. The number of hydrazine groups is 1. The molecule has 4 atom stereocenters. The standard InChI is InChI=1S/C20H30FN5O/c21-16-8-6-14(7-9-16)18(26-10-1-2-11-26)13-22-20(27)24-17-5-3-4-15-12-23-25-19(15)17/h6-9,15,17-19,23,25H,1-5,10-13H2,(H2,22,24,27). The molecule has 7 heteroatoms. The Balaban J connectivity index is 1.35. The molecule has 2 heterocycles. The summed E-state index contributed by atoms with van der Waals surface area (Å²) in [5, 5.41) is 6.23. The second-order valence-electron chi connectivity index (χ2n) is 8.01. The van der Waals surface area contributed by atoms with Crippen LogP contribution in [0.4, 0.5) is 9.18 Å². The van der Waals surface area contributed by atoms with Gasteiger partial charge in [-0.15, -0.1) is 0 Å². The van der Waals surface area contributed by atoms with Gasteiger partial charge in [-0.25, -0.2) is 9.18 Å². The molecule has 1 aromatic carbocycles. The van der Waals surface area contributed by atoms with Gasteiger partial charge < -0.3 is 10.6 Å². The van der Waals surface area contributed by atoms with Gasteiger partial charge in [0.25, 0.3) is 0 Å². The fourth-order valence-corrected chi connectivity index (χ4v) is 4.81. The molecule has 2 aliphatic heterocycles. The molecular weight excluding hydrogens is 345 g/mol. The highest BCUT2D eigenvalue weighted by Gasteiger charge is 2.37. The second-order valence-corrected chi connectivity index (χ2v) is 8.01. The summed E-state index contributed by atoms with van der Waals surface area (Å²) in [4.78, 5) is 14.9. The second kappa shape index (κ2) is 8.54. The van der Waals surface area contributed by atoms with E-state index in [4.69, 9.17) is 0 Å². The predicted molar refractivity (Wildman–Crippen MR) is 103 cm³/mol. The molecule has 4 unspecified atom stereocenters. The summed E-state index contributed by atoms with van der Waals surface area (Å²) in [6.45, 7) is 3.55. The number of benzene rings is 1. The van der Waals surface area contributed by atoms with Crippen LogP contribution >= 0.6 is 0 Å². The van der Waals surface area contributed by atoms with Crippen molar-refractivity contribution in [1.29, 1.82) is 0 Å². The van der Waals surface area contributed by atoms with Crippen LogP contribution in [0.5, 0.6) is 0 Å². The molecule has 0 radical (unpaired) electrons. The van der Waals surface area contributed by atoms with Gasteiger partial charge >= 0.3 is 6.03 Å². The molecule has 0 aromatic heterocycles. The fourth-order valence-electron chi connectivity index (χ4n) is 4.81. The lowest BCUT2D eigenvalue weighted by Gasteiger charge is -2.34. The summed E-state index contributed by atoms with van der Waals surface area (Å²) >= 11 is 0. The SMILES string of the molecule is O=C(NCC(c1ccc(F)cc1)N1CCCC1)NC1CCCC2CNNC21. The van der Waals surface area contributed by atoms with Crippen LogP contribution in [0.2, 0.25) is 0 Å². The molecule has 1 aliphatic carbocycles. The minimum atomic E-state index is -0.228. The molecule has 6 nitrogen and oxygen atoms in total. The largest absolute Gasteiger partial charge is 0.336 e. The molecule has 27 heavy (non-hydrogen) atoms. The number of halogens is 1. The van der Waals surface area contributed by atoms with Gasteiger partial charge in [-0.1, -0.05) is 18.6 Å². The lowest BCUT2D eigenvalue weighted by molar-refractivity contribution is 0.206. The molecule has 1 aromatic rings. The molecule has 148 valence electrons. The van der Waals surface area contributed by atoms with Crippen molar-refractivity contribution in [2.24, 2.45) is 5.92 Å². The lowest BCUT2D eigenvalue weighted by atomic mass is 9.82. The predicted octanol–water partition coefficient (Wildman–Crippen LogP) is 1.91. The highest BCUT2D eigenvalue weighted by Crippen LogP contribution is 2.27. The van der Waals surface area contributed by atoms with Crippen molar-refractivity contribution in [2.75, 3.05) is 26.2 Å². The third-order valence-electron chi connectivity index (χ3n) is 6.27. The maximum Gasteiger partial charge on any atom is 0.315 e. The molecule has 3 aliphatic rings. The zero-order chi connectivity index (χ0) is 18.6. The molecule has 4 N–H and O–H groups in total. The molecule has 2 amide bonds. The number of rotatable bonds is 5. The van der Waals surface area contributed by atoms with Gasteiger partial charge in [0, 0.05) is 25.2 Å². The van der Waals surface area contributed by atoms with Crippen molar-refractivity contribution in [3.63, 3.8) is 0 Å². The molecular formula is C20H30FN5O.